The Morgan fingerprint density at radius 1 is 1.31 bits per heavy atom. The molecule has 0 aliphatic carbocycles. The molecule has 4 rings (SSSR count). The molecule has 0 spiro atoms. The van der Waals surface area contributed by atoms with Crippen LogP contribution < -0.4 is 4.74 Å². The van der Waals surface area contributed by atoms with Gasteiger partial charge in [0, 0.05) is 31.4 Å². The van der Waals surface area contributed by atoms with E-state index in [1.807, 2.05) is 35.0 Å². The van der Waals surface area contributed by atoms with Crippen molar-refractivity contribution in [3.8, 4) is 5.75 Å². The van der Waals surface area contributed by atoms with E-state index in [4.69, 9.17) is 9.15 Å². The van der Waals surface area contributed by atoms with Crippen molar-refractivity contribution in [2.24, 2.45) is 0 Å². The summed E-state index contributed by atoms with van der Waals surface area (Å²) in [6, 6.07) is 7.64. The zero-order chi connectivity index (χ0) is 18.1. The first kappa shape index (κ1) is 16.4. The highest BCUT2D eigenvalue weighted by Crippen LogP contribution is 2.27. The fraction of sp³-hybridized carbons (Fsp3) is 0.316. The Morgan fingerprint density at radius 3 is 2.88 bits per heavy atom. The van der Waals surface area contributed by atoms with Crippen molar-refractivity contribution in [3.63, 3.8) is 0 Å². The molecule has 26 heavy (non-hydrogen) atoms. The van der Waals surface area contributed by atoms with Crippen LogP contribution in [0.5, 0.6) is 5.75 Å². The van der Waals surface area contributed by atoms with E-state index < -0.39 is 0 Å². The number of hydrogen-bond acceptors (Lipinski definition) is 5. The second-order valence-electron chi connectivity index (χ2n) is 6.41. The molecular formula is C19H20N4O3. The second-order valence-corrected chi connectivity index (χ2v) is 6.41. The largest absolute Gasteiger partial charge is 0.491 e. The fourth-order valence-corrected chi connectivity index (χ4v) is 3.25. The number of imidazole rings is 1. The average molecular weight is 352 g/mol. The van der Waals surface area contributed by atoms with E-state index in [-0.39, 0.29) is 17.7 Å². The molecular weight excluding hydrogens is 332 g/mol. The van der Waals surface area contributed by atoms with Gasteiger partial charge in [0.15, 0.2) is 5.89 Å². The SMILES string of the molecule is Cc1nc(C)c(C(=O)N2Cc3ccccc3OC[C@@H]2Cn2ccnc2)o1. The molecule has 1 atom stereocenters. The van der Waals surface area contributed by atoms with Gasteiger partial charge < -0.3 is 18.6 Å². The standard InChI is InChI=1S/C19H20N4O3/c1-13-18(26-14(2)21-13)19(24)23-9-15-5-3-4-6-17(15)25-11-16(23)10-22-8-7-20-12-22/h3-8,12,16H,9-11H2,1-2H3/t16-/m0/s1. The van der Waals surface area contributed by atoms with Crippen molar-refractivity contribution >= 4 is 5.91 Å². The summed E-state index contributed by atoms with van der Waals surface area (Å²) in [7, 11) is 0. The molecule has 7 heteroatoms. The van der Waals surface area contributed by atoms with Gasteiger partial charge in [0.1, 0.15) is 12.4 Å². The number of oxazole rings is 1. The number of para-hydroxylation sites is 1. The Labute approximate surface area is 151 Å². The van der Waals surface area contributed by atoms with Crippen LogP contribution in [0.2, 0.25) is 0 Å². The quantitative estimate of drug-likeness (QED) is 0.724. The van der Waals surface area contributed by atoms with E-state index in [9.17, 15) is 4.79 Å². The third kappa shape index (κ3) is 3.08. The number of aromatic nitrogens is 3. The van der Waals surface area contributed by atoms with Crippen molar-refractivity contribution in [1.82, 2.24) is 19.4 Å². The van der Waals surface area contributed by atoms with Crippen LogP contribution in [-0.2, 0) is 13.1 Å². The van der Waals surface area contributed by atoms with Gasteiger partial charge in [-0.05, 0) is 13.0 Å². The molecule has 0 radical (unpaired) electrons. The van der Waals surface area contributed by atoms with Gasteiger partial charge in [-0.25, -0.2) is 9.97 Å². The maximum atomic E-state index is 13.2. The molecule has 1 aliphatic rings. The van der Waals surface area contributed by atoms with E-state index in [1.165, 1.54) is 0 Å². The molecule has 3 heterocycles. The molecule has 7 nitrogen and oxygen atoms in total. The lowest BCUT2D eigenvalue weighted by Crippen LogP contribution is -2.44. The third-order valence-corrected chi connectivity index (χ3v) is 4.52. The summed E-state index contributed by atoms with van der Waals surface area (Å²) < 4.78 is 13.5. The van der Waals surface area contributed by atoms with Gasteiger partial charge in [0.25, 0.3) is 5.91 Å². The predicted octanol–water partition coefficient (Wildman–Crippen LogP) is 2.59. The number of aryl methyl sites for hydroxylation is 2. The minimum Gasteiger partial charge on any atom is -0.491 e. The number of benzene rings is 1. The van der Waals surface area contributed by atoms with Crippen LogP contribution >= 0.6 is 0 Å². The molecule has 1 aliphatic heterocycles. The first-order valence-corrected chi connectivity index (χ1v) is 8.53. The highest BCUT2D eigenvalue weighted by atomic mass is 16.5. The van der Waals surface area contributed by atoms with Crippen molar-refractivity contribution in [2.75, 3.05) is 6.61 Å². The van der Waals surface area contributed by atoms with Crippen LogP contribution in [0.25, 0.3) is 0 Å². The van der Waals surface area contributed by atoms with Crippen LogP contribution in [0.1, 0.15) is 27.7 Å². The van der Waals surface area contributed by atoms with Gasteiger partial charge in [-0.1, -0.05) is 18.2 Å². The summed E-state index contributed by atoms with van der Waals surface area (Å²) in [5.41, 5.74) is 1.58. The lowest BCUT2D eigenvalue weighted by Gasteiger charge is -2.28. The number of fused-ring (bicyclic) bond motifs is 1. The molecule has 0 bridgehead atoms. The molecule has 0 N–H and O–H groups in total. The molecule has 1 amide bonds. The van der Waals surface area contributed by atoms with Gasteiger partial charge in [-0.15, -0.1) is 0 Å². The third-order valence-electron chi connectivity index (χ3n) is 4.52. The number of hydrogen-bond donors (Lipinski definition) is 0. The Hall–Kier alpha value is -3.09. The Bertz CT molecular complexity index is 917. The number of carbonyl (C=O) groups excluding carboxylic acids is 1. The lowest BCUT2D eigenvalue weighted by atomic mass is 10.1. The number of carbonyl (C=O) groups is 1. The summed E-state index contributed by atoms with van der Waals surface area (Å²) in [6.07, 6.45) is 5.34. The first-order valence-electron chi connectivity index (χ1n) is 8.53. The van der Waals surface area contributed by atoms with E-state index in [1.54, 1.807) is 31.3 Å². The van der Waals surface area contributed by atoms with Gasteiger partial charge in [-0.3, -0.25) is 4.79 Å². The summed E-state index contributed by atoms with van der Waals surface area (Å²) >= 11 is 0. The van der Waals surface area contributed by atoms with Crippen LogP contribution in [0.15, 0.2) is 47.4 Å². The Morgan fingerprint density at radius 2 is 2.15 bits per heavy atom. The van der Waals surface area contributed by atoms with Gasteiger partial charge in [0.2, 0.25) is 5.76 Å². The van der Waals surface area contributed by atoms with Crippen LogP contribution in [0, 0.1) is 13.8 Å². The number of amides is 1. The lowest BCUT2D eigenvalue weighted by molar-refractivity contribution is 0.0564. The van der Waals surface area contributed by atoms with E-state index >= 15 is 0 Å². The molecule has 0 saturated carbocycles. The van der Waals surface area contributed by atoms with E-state index in [0.717, 1.165) is 11.3 Å². The van der Waals surface area contributed by atoms with Crippen molar-refractivity contribution in [2.45, 2.75) is 33.0 Å². The highest BCUT2D eigenvalue weighted by molar-refractivity contribution is 5.92. The molecule has 0 saturated heterocycles. The Kier molecular flexibility index (Phi) is 4.20. The summed E-state index contributed by atoms with van der Waals surface area (Å²) in [4.78, 5) is 23.4. The van der Waals surface area contributed by atoms with Crippen LogP contribution in [0.3, 0.4) is 0 Å². The van der Waals surface area contributed by atoms with Crippen molar-refractivity contribution < 1.29 is 13.9 Å². The number of ether oxygens (including phenoxy) is 1. The topological polar surface area (TPSA) is 73.4 Å². The molecule has 2 aromatic heterocycles. The second kappa shape index (κ2) is 6.67. The molecule has 134 valence electrons. The maximum absolute atomic E-state index is 13.2. The minimum atomic E-state index is -0.173. The monoisotopic (exact) mass is 352 g/mol. The zero-order valence-electron chi connectivity index (χ0n) is 14.8. The Balaban J connectivity index is 1.69. The maximum Gasteiger partial charge on any atom is 0.292 e. The molecule has 0 unspecified atom stereocenters. The molecule has 3 aromatic rings. The molecule has 1 aromatic carbocycles. The summed E-state index contributed by atoms with van der Waals surface area (Å²) in [5, 5.41) is 0. The summed E-state index contributed by atoms with van der Waals surface area (Å²) in [6.45, 7) is 4.97. The predicted molar refractivity (Wildman–Crippen MR) is 93.8 cm³/mol. The average Bonchev–Trinajstić information content (AvgIpc) is 3.21. The smallest absolute Gasteiger partial charge is 0.292 e. The van der Waals surface area contributed by atoms with Crippen molar-refractivity contribution in [3.05, 3.63) is 65.9 Å². The first-order chi connectivity index (χ1) is 12.6. The van der Waals surface area contributed by atoms with Gasteiger partial charge in [0.05, 0.1) is 24.6 Å². The fourth-order valence-electron chi connectivity index (χ4n) is 3.25. The van der Waals surface area contributed by atoms with E-state index in [0.29, 0.717) is 31.3 Å². The van der Waals surface area contributed by atoms with Crippen LogP contribution in [-0.4, -0.2) is 38.0 Å². The van der Waals surface area contributed by atoms with E-state index in [2.05, 4.69) is 9.97 Å². The van der Waals surface area contributed by atoms with Crippen LogP contribution in [0.4, 0.5) is 0 Å². The minimum absolute atomic E-state index is 0.158. The molecule has 0 fully saturated rings. The highest BCUT2D eigenvalue weighted by Gasteiger charge is 2.32. The number of nitrogens with zero attached hydrogens (tertiary/aromatic N) is 4. The van der Waals surface area contributed by atoms with Gasteiger partial charge in [-0.2, -0.15) is 0 Å². The summed E-state index contributed by atoms with van der Waals surface area (Å²) in [5.74, 6) is 1.42. The van der Waals surface area contributed by atoms with Gasteiger partial charge >= 0.3 is 0 Å². The number of rotatable bonds is 3. The van der Waals surface area contributed by atoms with Crippen molar-refractivity contribution in [1.29, 1.82) is 0 Å². The zero-order valence-corrected chi connectivity index (χ0v) is 14.8. The normalized spacial score (nSPS) is 16.7.